The summed E-state index contributed by atoms with van der Waals surface area (Å²) in [5.41, 5.74) is -0.801. The molecule has 1 N–H and O–H groups in total. The van der Waals surface area contributed by atoms with Crippen LogP contribution in [0.1, 0.15) is 46.1 Å². The van der Waals surface area contributed by atoms with Crippen LogP contribution in [0.15, 0.2) is 18.2 Å². The van der Waals surface area contributed by atoms with Gasteiger partial charge in [0.1, 0.15) is 17.0 Å². The van der Waals surface area contributed by atoms with Crippen molar-refractivity contribution in [3.05, 3.63) is 23.8 Å². The maximum atomic E-state index is 6.58. The number of hydrogen-bond acceptors (Lipinski definition) is 6. The Labute approximate surface area is 157 Å². The van der Waals surface area contributed by atoms with E-state index in [1.165, 1.54) is 0 Å². The second-order valence-electron chi connectivity index (χ2n) is 8.35. The summed E-state index contributed by atoms with van der Waals surface area (Å²) in [6.07, 6.45) is 1.20. The molecule has 4 aliphatic rings. The molecule has 0 amide bonds. The number of benzene rings is 1. The largest absolute Gasteiger partial charge is 0.497 e. The molecule has 0 spiro atoms. The van der Waals surface area contributed by atoms with Crippen LogP contribution in [0.2, 0.25) is 0 Å². The van der Waals surface area contributed by atoms with E-state index in [1.807, 2.05) is 32.0 Å². The van der Waals surface area contributed by atoms with Gasteiger partial charge in [0.25, 0.3) is 0 Å². The van der Waals surface area contributed by atoms with Crippen LogP contribution >= 0.6 is 9.39 Å². The van der Waals surface area contributed by atoms with Gasteiger partial charge in [-0.25, -0.2) is 0 Å². The van der Waals surface area contributed by atoms with Gasteiger partial charge in [-0.2, -0.15) is 0 Å². The molecule has 0 radical (unpaired) electrons. The average molecular weight is 381 g/mol. The van der Waals surface area contributed by atoms with Crippen LogP contribution in [0.4, 0.5) is 0 Å². The molecule has 5 rings (SSSR count). The number of nitrogens with one attached hydrogen (secondary N) is 1. The van der Waals surface area contributed by atoms with Crippen molar-refractivity contribution in [1.82, 2.24) is 5.09 Å². The summed E-state index contributed by atoms with van der Waals surface area (Å²) in [5.74, 6) is 0.115. The van der Waals surface area contributed by atoms with E-state index >= 15 is 0 Å². The zero-order valence-corrected chi connectivity index (χ0v) is 17.4. The summed E-state index contributed by atoms with van der Waals surface area (Å²) in [7, 11) is 5.99. The van der Waals surface area contributed by atoms with Crippen LogP contribution in [0.3, 0.4) is 0 Å². The molecule has 1 aromatic rings. The summed E-state index contributed by atoms with van der Waals surface area (Å²) in [4.78, 5) is 0. The Bertz CT molecular complexity index is 709. The van der Waals surface area contributed by atoms with Gasteiger partial charge < -0.3 is 23.7 Å². The van der Waals surface area contributed by atoms with Gasteiger partial charge in [0.15, 0.2) is 11.6 Å². The van der Waals surface area contributed by atoms with Crippen LogP contribution in [0.5, 0.6) is 11.5 Å². The van der Waals surface area contributed by atoms with E-state index in [1.54, 1.807) is 14.2 Å². The first-order valence-electron chi connectivity index (χ1n) is 8.89. The van der Waals surface area contributed by atoms with Gasteiger partial charge in [0, 0.05) is 24.5 Å². The van der Waals surface area contributed by atoms with Gasteiger partial charge >= 0.3 is 0 Å². The summed E-state index contributed by atoms with van der Waals surface area (Å²) < 4.78 is 30.4. The molecule has 0 aliphatic carbocycles. The Morgan fingerprint density at radius 1 is 0.923 bits per heavy atom. The lowest BCUT2D eigenvalue weighted by atomic mass is 9.56. The van der Waals surface area contributed by atoms with Crippen LogP contribution in [0.25, 0.3) is 0 Å². The maximum absolute atomic E-state index is 6.58. The van der Waals surface area contributed by atoms with E-state index < -0.39 is 28.3 Å². The Morgan fingerprint density at radius 2 is 1.50 bits per heavy atom. The number of rotatable bonds is 4. The zero-order chi connectivity index (χ0) is 19.0. The van der Waals surface area contributed by atoms with E-state index in [2.05, 4.69) is 28.3 Å². The summed E-state index contributed by atoms with van der Waals surface area (Å²) in [6.45, 7) is 8.27. The van der Waals surface area contributed by atoms with Crippen LogP contribution in [-0.4, -0.2) is 37.0 Å². The fourth-order valence-electron chi connectivity index (χ4n) is 5.93. The lowest BCUT2D eigenvalue weighted by Gasteiger charge is -2.74. The normalized spacial score (nSPS) is 46.4. The van der Waals surface area contributed by atoms with E-state index in [9.17, 15) is 0 Å². The van der Waals surface area contributed by atoms with Crippen LogP contribution in [0, 0.1) is 0 Å². The third-order valence-electron chi connectivity index (χ3n) is 6.25. The molecule has 6 nitrogen and oxygen atoms in total. The highest BCUT2D eigenvalue weighted by atomic mass is 31.0. The highest BCUT2D eigenvalue weighted by Crippen LogP contribution is 2.67. The van der Waals surface area contributed by atoms with E-state index in [0.717, 1.165) is 17.1 Å². The zero-order valence-electron chi connectivity index (χ0n) is 16.3. The number of ether oxygens (including phenoxy) is 5. The van der Waals surface area contributed by atoms with Crippen molar-refractivity contribution < 1.29 is 23.7 Å². The second kappa shape index (κ2) is 5.33. The van der Waals surface area contributed by atoms with Gasteiger partial charge in [-0.3, -0.25) is 5.09 Å². The van der Waals surface area contributed by atoms with E-state index in [4.69, 9.17) is 23.7 Å². The Balaban J connectivity index is 1.97. The smallest absolute Gasteiger partial charge is 0.172 e. The van der Waals surface area contributed by atoms with Gasteiger partial charge in [-0.05, 0) is 39.8 Å². The Morgan fingerprint density at radius 3 is 1.96 bits per heavy atom. The Kier molecular flexibility index (Phi) is 3.78. The quantitative estimate of drug-likeness (QED) is 0.809. The minimum absolute atomic E-state index is 0.566. The average Bonchev–Trinajstić information content (AvgIpc) is 2.51. The third-order valence-corrected chi connectivity index (χ3v) is 6.68. The van der Waals surface area contributed by atoms with Gasteiger partial charge in [0.2, 0.25) is 0 Å². The maximum Gasteiger partial charge on any atom is 0.172 e. The van der Waals surface area contributed by atoms with Crippen molar-refractivity contribution in [2.24, 2.45) is 0 Å². The highest BCUT2D eigenvalue weighted by Gasteiger charge is 2.78. The first kappa shape index (κ1) is 18.5. The van der Waals surface area contributed by atoms with Crippen molar-refractivity contribution in [2.45, 2.75) is 68.9 Å². The summed E-state index contributed by atoms with van der Waals surface area (Å²) in [5, 5.41) is 3.49. The fraction of sp³-hybridized carbons (Fsp3) is 0.684. The molecule has 5 unspecified atom stereocenters. The van der Waals surface area contributed by atoms with Crippen molar-refractivity contribution in [2.75, 3.05) is 14.2 Å². The summed E-state index contributed by atoms with van der Waals surface area (Å²) in [6, 6.07) is 5.88. The summed E-state index contributed by atoms with van der Waals surface area (Å²) >= 11 is 0. The first-order chi connectivity index (χ1) is 12.1. The lowest BCUT2D eigenvalue weighted by Crippen LogP contribution is -2.85. The first-order valence-corrected chi connectivity index (χ1v) is 9.47. The Hall–Kier alpha value is -0.910. The fourth-order valence-corrected chi connectivity index (χ4v) is 6.70. The predicted octanol–water partition coefficient (Wildman–Crippen LogP) is 3.10. The third kappa shape index (κ3) is 2.11. The van der Waals surface area contributed by atoms with Crippen LogP contribution in [-0.2, 0) is 19.7 Å². The predicted molar refractivity (Wildman–Crippen MR) is 100 cm³/mol. The van der Waals surface area contributed by atoms with Crippen molar-refractivity contribution >= 4 is 9.39 Å². The molecule has 0 saturated carbocycles. The molecule has 26 heavy (non-hydrogen) atoms. The van der Waals surface area contributed by atoms with Gasteiger partial charge in [-0.15, -0.1) is 0 Å². The molecule has 4 saturated heterocycles. The molecule has 4 bridgehead atoms. The van der Waals surface area contributed by atoms with Crippen LogP contribution < -0.4 is 14.6 Å². The van der Waals surface area contributed by atoms with Crippen molar-refractivity contribution in [3.63, 3.8) is 0 Å². The molecule has 144 valence electrons. The van der Waals surface area contributed by atoms with E-state index in [0.29, 0.717) is 12.8 Å². The molecule has 4 fully saturated rings. The second-order valence-corrected chi connectivity index (χ2v) is 8.64. The molecule has 4 aliphatic heterocycles. The number of hydrogen-bond donors (Lipinski definition) is 1. The molecular formula is C19H28NO5P. The van der Waals surface area contributed by atoms with E-state index in [-0.39, 0.29) is 0 Å². The molecule has 5 atom stereocenters. The number of methoxy groups -OCH3 is 2. The molecule has 0 aromatic heterocycles. The lowest BCUT2D eigenvalue weighted by molar-refractivity contribution is -0.534. The van der Waals surface area contributed by atoms with Crippen molar-refractivity contribution in [1.29, 1.82) is 0 Å². The van der Waals surface area contributed by atoms with Gasteiger partial charge in [-0.1, -0.05) is 9.39 Å². The highest BCUT2D eigenvalue weighted by molar-refractivity contribution is 7.13. The molecule has 4 heterocycles. The SMILES string of the molecule is COc1ccc(C2(NP)C3(C)CC4(C)OC(C)(CC2(C)O4)O3)c(OC)c1. The monoisotopic (exact) mass is 381 g/mol. The van der Waals surface area contributed by atoms with Crippen molar-refractivity contribution in [3.8, 4) is 11.5 Å². The van der Waals surface area contributed by atoms with Gasteiger partial charge in [0.05, 0.1) is 25.4 Å². The standard InChI is InChI=1S/C19H28NO5P/c1-15-10-17(3)24-16(2,11-18(4,23-15)25-17)19(15,20-26)13-8-7-12(21-5)9-14(13)22-6/h7-9,20H,10-11,26H2,1-6H3. The molecular weight excluding hydrogens is 353 g/mol. The minimum atomic E-state index is -0.681. The molecule has 7 heteroatoms. The molecule has 1 aromatic carbocycles. The minimum Gasteiger partial charge on any atom is -0.497 e. The topological polar surface area (TPSA) is 58.2 Å².